The van der Waals surface area contributed by atoms with Gasteiger partial charge in [0.15, 0.2) is 5.60 Å². The molecular weight excluding hydrogens is 743 g/mol. The van der Waals surface area contributed by atoms with Crippen molar-refractivity contribution in [1.29, 1.82) is 0 Å². The van der Waals surface area contributed by atoms with Crippen LogP contribution in [-0.4, -0.2) is 74.8 Å². The summed E-state index contributed by atoms with van der Waals surface area (Å²) in [6.07, 6.45) is 8.61. The summed E-state index contributed by atoms with van der Waals surface area (Å²) < 4.78 is 12.9. The van der Waals surface area contributed by atoms with Gasteiger partial charge in [0.25, 0.3) is 5.91 Å². The van der Waals surface area contributed by atoms with Gasteiger partial charge in [-0.1, -0.05) is 84.9 Å². The van der Waals surface area contributed by atoms with Crippen LogP contribution in [0.15, 0.2) is 90.0 Å². The maximum atomic E-state index is 15.5. The number of hydrogen-bond acceptors (Lipinski definition) is 6. The lowest BCUT2D eigenvalue weighted by molar-refractivity contribution is -0.150. The van der Waals surface area contributed by atoms with E-state index in [0.717, 1.165) is 59.5 Å². The van der Waals surface area contributed by atoms with Crippen molar-refractivity contribution >= 4 is 42.4 Å². The molecule has 3 aromatic carbocycles. The van der Waals surface area contributed by atoms with Crippen LogP contribution < -0.4 is 19.7 Å². The van der Waals surface area contributed by atoms with E-state index in [1.54, 1.807) is 7.11 Å². The molecule has 2 fully saturated rings. The Morgan fingerprint density at radius 2 is 1.74 bits per heavy atom. The van der Waals surface area contributed by atoms with Crippen molar-refractivity contribution in [1.82, 2.24) is 4.90 Å². The summed E-state index contributed by atoms with van der Waals surface area (Å²) in [5.41, 5.74) is 5.56. The third-order valence-corrected chi connectivity index (χ3v) is 17.8. The second kappa shape index (κ2) is 17.0. The standard InChI is InChI=1S/C48H61N3O6Si/c1-32(2)13-12-14-33(3)24-26-50-42-23-18-37(49-25-11-10-17-44(49)53)28-41(42)48(47(50)55)34(4)46(58(6,7)40-21-19-39(56-5)20-22-40)43(57-48)29-45(54)51-30-36-16-9-8-15-35(36)27-38(51)31-52/h8-9,13,15-16,18-24,28,34,38,43,46,52H,10-12,14,17,25-27,29-31H2,1-7H3/b33-24+/t34-,38+,43+,46-,48+/m1/s1. The molecule has 308 valence electrons. The van der Waals surface area contributed by atoms with Gasteiger partial charge in [-0.2, -0.15) is 0 Å². The molecule has 0 radical (unpaired) electrons. The molecule has 0 bridgehead atoms. The highest BCUT2D eigenvalue weighted by Crippen LogP contribution is 2.60. The van der Waals surface area contributed by atoms with Crippen molar-refractivity contribution in [2.45, 2.75) is 116 Å². The Kier molecular flexibility index (Phi) is 12.2. The molecule has 0 unspecified atom stereocenters. The van der Waals surface area contributed by atoms with E-state index in [1.807, 2.05) is 57.2 Å². The summed E-state index contributed by atoms with van der Waals surface area (Å²) in [6.45, 7) is 14.4. The largest absolute Gasteiger partial charge is 0.497 e. The first-order valence-corrected chi connectivity index (χ1v) is 24.2. The van der Waals surface area contributed by atoms with Crippen molar-refractivity contribution in [3.63, 3.8) is 0 Å². The first-order valence-electron chi connectivity index (χ1n) is 21.2. The van der Waals surface area contributed by atoms with Gasteiger partial charge in [-0.05, 0) is 99.9 Å². The Balaban J connectivity index is 1.32. The molecule has 7 rings (SSSR count). The fraction of sp³-hybridized carbons (Fsp3) is 0.479. The van der Waals surface area contributed by atoms with E-state index >= 15 is 4.79 Å². The van der Waals surface area contributed by atoms with E-state index in [-0.39, 0.29) is 48.3 Å². The Hall–Kier alpha value is -4.51. The molecule has 2 saturated heterocycles. The molecule has 9 nitrogen and oxygen atoms in total. The summed E-state index contributed by atoms with van der Waals surface area (Å²) in [7, 11) is -0.883. The number of allylic oxidation sites excluding steroid dienone is 3. The minimum absolute atomic E-state index is 0.0816. The molecule has 3 aromatic rings. The molecule has 5 atom stereocenters. The number of carbonyl (C=O) groups is 3. The number of nitrogens with zero attached hydrogens (tertiary/aromatic N) is 3. The predicted molar refractivity (Wildman–Crippen MR) is 233 cm³/mol. The molecule has 4 heterocycles. The second-order valence-electron chi connectivity index (χ2n) is 17.7. The van der Waals surface area contributed by atoms with Crippen LogP contribution in [0.5, 0.6) is 5.75 Å². The average molecular weight is 804 g/mol. The number of hydrogen-bond donors (Lipinski definition) is 1. The van der Waals surface area contributed by atoms with Crippen LogP contribution in [0.25, 0.3) is 0 Å². The maximum Gasteiger partial charge on any atom is 0.264 e. The molecule has 4 aliphatic rings. The normalized spacial score (nSPS) is 24.6. The van der Waals surface area contributed by atoms with Gasteiger partial charge >= 0.3 is 0 Å². The number of carbonyl (C=O) groups excluding carboxylic acids is 3. The number of amides is 3. The van der Waals surface area contributed by atoms with Crippen LogP contribution in [0, 0.1) is 5.92 Å². The van der Waals surface area contributed by atoms with Gasteiger partial charge in [0, 0.05) is 43.2 Å². The number of rotatable bonds is 12. The van der Waals surface area contributed by atoms with Gasteiger partial charge in [0.2, 0.25) is 11.8 Å². The summed E-state index contributed by atoms with van der Waals surface area (Å²) >= 11 is 0. The van der Waals surface area contributed by atoms with Crippen LogP contribution in [-0.2, 0) is 37.7 Å². The highest BCUT2D eigenvalue weighted by Gasteiger charge is 2.66. The van der Waals surface area contributed by atoms with Gasteiger partial charge in [-0.3, -0.25) is 14.4 Å². The lowest BCUT2D eigenvalue weighted by Crippen LogP contribution is -2.52. The van der Waals surface area contributed by atoms with Gasteiger partial charge in [-0.15, -0.1) is 0 Å². The first-order chi connectivity index (χ1) is 27.8. The summed E-state index contributed by atoms with van der Waals surface area (Å²) in [4.78, 5) is 49.0. The molecule has 0 saturated carbocycles. The molecule has 1 spiro atoms. The van der Waals surface area contributed by atoms with Crippen LogP contribution in [0.2, 0.25) is 18.6 Å². The molecular formula is C48H61N3O6Si. The predicted octanol–water partition coefficient (Wildman–Crippen LogP) is 7.80. The Bertz CT molecular complexity index is 2090. The van der Waals surface area contributed by atoms with E-state index in [4.69, 9.17) is 9.47 Å². The van der Waals surface area contributed by atoms with E-state index in [2.05, 4.69) is 77.2 Å². The smallest absolute Gasteiger partial charge is 0.264 e. The van der Waals surface area contributed by atoms with Crippen molar-refractivity contribution in [3.05, 3.63) is 107 Å². The zero-order chi connectivity index (χ0) is 41.4. The zero-order valence-corrected chi connectivity index (χ0v) is 36.4. The molecule has 58 heavy (non-hydrogen) atoms. The first kappa shape index (κ1) is 41.6. The van der Waals surface area contributed by atoms with Crippen molar-refractivity contribution in [2.75, 3.05) is 36.6 Å². The zero-order valence-electron chi connectivity index (χ0n) is 35.4. The number of fused-ring (bicyclic) bond motifs is 3. The van der Waals surface area contributed by atoms with Gasteiger partial charge in [0.05, 0.1) is 46.0 Å². The lowest BCUT2D eigenvalue weighted by atomic mass is 9.82. The van der Waals surface area contributed by atoms with Crippen molar-refractivity contribution in [3.8, 4) is 5.75 Å². The molecule has 1 N–H and O–H groups in total. The molecule has 4 aliphatic heterocycles. The topological polar surface area (TPSA) is 99.6 Å². The number of ether oxygens (including phenoxy) is 2. The second-order valence-corrected chi connectivity index (χ2v) is 22.4. The van der Waals surface area contributed by atoms with E-state index in [9.17, 15) is 14.7 Å². The quantitative estimate of drug-likeness (QED) is 0.148. The van der Waals surface area contributed by atoms with E-state index in [0.29, 0.717) is 32.5 Å². The fourth-order valence-corrected chi connectivity index (χ4v) is 14.2. The van der Waals surface area contributed by atoms with Crippen molar-refractivity contribution < 1.29 is 29.0 Å². The number of methoxy groups -OCH3 is 1. The van der Waals surface area contributed by atoms with Gasteiger partial charge in [0.1, 0.15) is 5.75 Å². The number of benzene rings is 3. The summed E-state index contributed by atoms with van der Waals surface area (Å²) in [5.74, 6) is 0.346. The van der Waals surface area contributed by atoms with E-state index in [1.165, 1.54) is 16.3 Å². The summed E-state index contributed by atoms with van der Waals surface area (Å²) in [6, 6.07) is 22.0. The maximum absolute atomic E-state index is 15.5. The van der Waals surface area contributed by atoms with Crippen LogP contribution in [0.1, 0.15) is 82.9 Å². The molecule has 0 aromatic heterocycles. The third-order valence-electron chi connectivity index (χ3n) is 13.4. The van der Waals surface area contributed by atoms with Gasteiger partial charge in [-0.25, -0.2) is 0 Å². The van der Waals surface area contributed by atoms with Crippen molar-refractivity contribution in [2.24, 2.45) is 5.92 Å². The number of piperidine rings is 1. The van der Waals surface area contributed by atoms with E-state index < -0.39 is 19.8 Å². The number of anilines is 2. The van der Waals surface area contributed by atoms with Crippen LogP contribution >= 0.6 is 0 Å². The Labute approximate surface area is 345 Å². The highest BCUT2D eigenvalue weighted by molar-refractivity contribution is 6.91. The Morgan fingerprint density at radius 1 is 1.00 bits per heavy atom. The highest BCUT2D eigenvalue weighted by atomic mass is 28.3. The SMILES string of the molecule is COc1ccc([Si](C)(C)[C@H]2[C@H](CC(=O)N3Cc4ccccc4C[C@H]3CO)O[C@@]3(C(=O)N(C/C=C(\C)CCC=C(C)C)c4ccc(N5CCCCC5=O)cc43)[C@@H]2C)cc1. The monoisotopic (exact) mass is 803 g/mol. The average Bonchev–Trinajstić information content (AvgIpc) is 3.64. The Morgan fingerprint density at radius 3 is 2.43 bits per heavy atom. The van der Waals surface area contributed by atoms with Crippen LogP contribution in [0.3, 0.4) is 0 Å². The summed E-state index contributed by atoms with van der Waals surface area (Å²) in [5, 5.41) is 11.7. The fourth-order valence-electron chi connectivity index (χ4n) is 10.2. The number of aliphatic hydroxyl groups is 1. The van der Waals surface area contributed by atoms with Crippen LogP contribution in [0.4, 0.5) is 11.4 Å². The molecule has 0 aliphatic carbocycles. The minimum atomic E-state index is -2.54. The number of aliphatic hydroxyl groups excluding tert-OH is 1. The minimum Gasteiger partial charge on any atom is -0.497 e. The molecule has 3 amide bonds. The third kappa shape index (κ3) is 7.71. The van der Waals surface area contributed by atoms with Gasteiger partial charge < -0.3 is 29.3 Å². The molecule has 10 heteroatoms. The lowest BCUT2D eigenvalue weighted by Gasteiger charge is -2.39.